The van der Waals surface area contributed by atoms with Crippen LogP contribution in [-0.4, -0.2) is 30.1 Å². The molecular formula is C22H24N4O3. The van der Waals surface area contributed by atoms with Gasteiger partial charge in [0.2, 0.25) is 0 Å². The fourth-order valence-corrected chi connectivity index (χ4v) is 2.86. The van der Waals surface area contributed by atoms with Crippen LogP contribution in [0.5, 0.6) is 11.5 Å². The van der Waals surface area contributed by atoms with E-state index >= 15 is 0 Å². The second-order valence-electron chi connectivity index (χ2n) is 6.50. The first kappa shape index (κ1) is 20.1. The summed E-state index contributed by atoms with van der Waals surface area (Å²) in [5.41, 5.74) is 3.03. The van der Waals surface area contributed by atoms with Gasteiger partial charge in [-0.3, -0.25) is 4.79 Å². The first-order valence-electron chi connectivity index (χ1n) is 9.17. The Morgan fingerprint density at radius 3 is 2.45 bits per heavy atom. The van der Waals surface area contributed by atoms with E-state index in [4.69, 9.17) is 9.47 Å². The van der Waals surface area contributed by atoms with E-state index in [1.54, 1.807) is 27.2 Å². The molecule has 1 amide bonds. The third-order valence-corrected chi connectivity index (χ3v) is 4.39. The lowest BCUT2D eigenvalue weighted by Crippen LogP contribution is -2.16. The molecule has 0 fully saturated rings. The number of carbonyl (C=O) groups excluding carboxylic acids is 1. The largest absolute Gasteiger partial charge is 0.493 e. The monoisotopic (exact) mass is 392 g/mol. The molecule has 0 radical (unpaired) electrons. The molecule has 0 atom stereocenters. The molecule has 3 aromatic rings. The Bertz CT molecular complexity index is 1020. The first-order chi connectivity index (χ1) is 14.0. The van der Waals surface area contributed by atoms with Crippen LogP contribution >= 0.6 is 0 Å². The zero-order valence-electron chi connectivity index (χ0n) is 16.9. The van der Waals surface area contributed by atoms with Crippen molar-refractivity contribution in [2.24, 2.45) is 0 Å². The molecule has 0 aliphatic rings. The molecule has 7 heteroatoms. The van der Waals surface area contributed by atoms with Gasteiger partial charge in [-0.05, 0) is 43.2 Å². The van der Waals surface area contributed by atoms with Crippen molar-refractivity contribution in [1.82, 2.24) is 9.97 Å². The highest BCUT2D eigenvalue weighted by molar-refractivity contribution is 6.03. The molecule has 0 unspecified atom stereocenters. The Labute approximate surface area is 170 Å². The second-order valence-corrected chi connectivity index (χ2v) is 6.50. The zero-order valence-corrected chi connectivity index (χ0v) is 16.9. The van der Waals surface area contributed by atoms with Crippen LogP contribution in [0.4, 0.5) is 11.5 Å². The Hall–Kier alpha value is -3.61. The molecule has 0 aliphatic heterocycles. The number of benzene rings is 2. The Balaban J connectivity index is 1.74. The van der Waals surface area contributed by atoms with Crippen molar-refractivity contribution in [2.45, 2.75) is 20.4 Å². The molecule has 0 aliphatic carbocycles. The standard InChI is InChI=1S/C22H24N4O3/c1-14-7-5-6-8-17(14)26-22(27)18-12-21(25-15(2)24-18)23-13-16-9-10-19(28-3)20(11-16)29-4/h5-12H,13H2,1-4H3,(H,26,27)(H,23,24,25). The summed E-state index contributed by atoms with van der Waals surface area (Å²) in [5.74, 6) is 2.13. The van der Waals surface area contributed by atoms with E-state index in [1.165, 1.54) is 0 Å². The van der Waals surface area contributed by atoms with Crippen molar-refractivity contribution in [1.29, 1.82) is 0 Å². The van der Waals surface area contributed by atoms with Crippen LogP contribution < -0.4 is 20.1 Å². The molecule has 1 heterocycles. The third-order valence-electron chi connectivity index (χ3n) is 4.39. The van der Waals surface area contributed by atoms with Crippen LogP contribution in [0.3, 0.4) is 0 Å². The van der Waals surface area contributed by atoms with Gasteiger partial charge in [-0.15, -0.1) is 0 Å². The average molecular weight is 392 g/mol. The summed E-state index contributed by atoms with van der Waals surface area (Å²) < 4.78 is 10.6. The van der Waals surface area contributed by atoms with Crippen molar-refractivity contribution < 1.29 is 14.3 Å². The van der Waals surface area contributed by atoms with Crippen LogP contribution in [0, 0.1) is 13.8 Å². The number of para-hydroxylation sites is 1. The second kappa shape index (κ2) is 9.05. The van der Waals surface area contributed by atoms with Crippen molar-refractivity contribution in [3.63, 3.8) is 0 Å². The van der Waals surface area contributed by atoms with E-state index in [0.717, 1.165) is 16.8 Å². The topological polar surface area (TPSA) is 85.4 Å². The zero-order chi connectivity index (χ0) is 20.8. The van der Waals surface area contributed by atoms with Gasteiger partial charge in [0, 0.05) is 18.3 Å². The lowest BCUT2D eigenvalue weighted by Gasteiger charge is -2.12. The molecule has 0 saturated heterocycles. The molecule has 1 aromatic heterocycles. The normalized spacial score (nSPS) is 10.3. The van der Waals surface area contributed by atoms with Crippen molar-refractivity contribution in [2.75, 3.05) is 24.9 Å². The predicted octanol–water partition coefficient (Wildman–Crippen LogP) is 3.98. The first-order valence-corrected chi connectivity index (χ1v) is 9.17. The number of rotatable bonds is 7. The fourth-order valence-electron chi connectivity index (χ4n) is 2.86. The number of hydrogen-bond donors (Lipinski definition) is 2. The van der Waals surface area contributed by atoms with E-state index < -0.39 is 0 Å². The predicted molar refractivity (Wildman–Crippen MR) is 113 cm³/mol. The summed E-state index contributed by atoms with van der Waals surface area (Å²) in [6.07, 6.45) is 0. The van der Waals surface area contributed by atoms with Crippen LogP contribution in [0.2, 0.25) is 0 Å². The number of methoxy groups -OCH3 is 2. The lowest BCUT2D eigenvalue weighted by atomic mass is 10.2. The third kappa shape index (κ3) is 5.01. The lowest BCUT2D eigenvalue weighted by molar-refractivity contribution is 0.102. The van der Waals surface area contributed by atoms with Crippen LogP contribution in [-0.2, 0) is 6.54 Å². The van der Waals surface area contributed by atoms with Crippen molar-refractivity contribution in [3.05, 3.63) is 71.2 Å². The molecule has 2 aromatic carbocycles. The minimum absolute atomic E-state index is 0.279. The number of aryl methyl sites for hydroxylation is 2. The summed E-state index contributed by atoms with van der Waals surface area (Å²) in [6.45, 7) is 4.21. The maximum Gasteiger partial charge on any atom is 0.274 e. The van der Waals surface area contributed by atoms with E-state index in [0.29, 0.717) is 35.4 Å². The molecule has 150 valence electrons. The molecule has 29 heavy (non-hydrogen) atoms. The number of anilines is 2. The van der Waals surface area contributed by atoms with Gasteiger partial charge >= 0.3 is 0 Å². The molecule has 0 saturated carbocycles. The van der Waals surface area contributed by atoms with Gasteiger partial charge in [-0.1, -0.05) is 24.3 Å². The fraction of sp³-hybridized carbons (Fsp3) is 0.227. The van der Waals surface area contributed by atoms with Crippen LogP contribution in [0.15, 0.2) is 48.5 Å². The smallest absolute Gasteiger partial charge is 0.274 e. The molecule has 7 nitrogen and oxygen atoms in total. The van der Waals surface area contributed by atoms with Crippen LogP contribution in [0.1, 0.15) is 27.4 Å². The van der Waals surface area contributed by atoms with Gasteiger partial charge in [0.15, 0.2) is 11.5 Å². The highest BCUT2D eigenvalue weighted by atomic mass is 16.5. The highest BCUT2D eigenvalue weighted by Crippen LogP contribution is 2.27. The number of ether oxygens (including phenoxy) is 2. The van der Waals surface area contributed by atoms with Gasteiger partial charge in [0.25, 0.3) is 5.91 Å². The van der Waals surface area contributed by atoms with E-state index in [9.17, 15) is 4.79 Å². The summed E-state index contributed by atoms with van der Waals surface area (Å²) in [4.78, 5) is 21.3. The summed E-state index contributed by atoms with van der Waals surface area (Å²) >= 11 is 0. The average Bonchev–Trinajstić information content (AvgIpc) is 2.73. The van der Waals surface area contributed by atoms with E-state index in [1.807, 2.05) is 49.4 Å². The SMILES string of the molecule is COc1ccc(CNc2cc(C(=O)Nc3ccccc3C)nc(C)n2)cc1OC. The number of aromatic nitrogens is 2. The highest BCUT2D eigenvalue weighted by Gasteiger charge is 2.12. The minimum atomic E-state index is -0.279. The molecular weight excluding hydrogens is 368 g/mol. The molecule has 2 N–H and O–H groups in total. The van der Waals surface area contributed by atoms with Gasteiger partial charge in [0.1, 0.15) is 17.3 Å². The Morgan fingerprint density at radius 1 is 0.966 bits per heavy atom. The van der Waals surface area contributed by atoms with Crippen molar-refractivity contribution >= 4 is 17.4 Å². The number of nitrogens with zero attached hydrogens (tertiary/aromatic N) is 2. The Morgan fingerprint density at radius 2 is 1.72 bits per heavy atom. The summed E-state index contributed by atoms with van der Waals surface area (Å²) in [5, 5.41) is 6.13. The molecule has 0 bridgehead atoms. The summed E-state index contributed by atoms with van der Waals surface area (Å²) in [7, 11) is 3.20. The number of hydrogen-bond acceptors (Lipinski definition) is 6. The molecule has 3 rings (SSSR count). The van der Waals surface area contributed by atoms with Gasteiger partial charge in [-0.25, -0.2) is 9.97 Å². The van der Waals surface area contributed by atoms with Gasteiger partial charge < -0.3 is 20.1 Å². The minimum Gasteiger partial charge on any atom is -0.493 e. The van der Waals surface area contributed by atoms with Crippen molar-refractivity contribution in [3.8, 4) is 11.5 Å². The number of amides is 1. The van der Waals surface area contributed by atoms with E-state index in [2.05, 4.69) is 20.6 Å². The Kier molecular flexibility index (Phi) is 6.29. The summed E-state index contributed by atoms with van der Waals surface area (Å²) in [6, 6.07) is 14.9. The maximum absolute atomic E-state index is 12.6. The number of carbonyl (C=O) groups is 1. The molecule has 0 spiro atoms. The quantitative estimate of drug-likeness (QED) is 0.633. The maximum atomic E-state index is 12.6. The van der Waals surface area contributed by atoms with Gasteiger partial charge in [-0.2, -0.15) is 0 Å². The van der Waals surface area contributed by atoms with Gasteiger partial charge in [0.05, 0.1) is 14.2 Å². The van der Waals surface area contributed by atoms with E-state index in [-0.39, 0.29) is 5.91 Å². The number of nitrogens with one attached hydrogen (secondary N) is 2. The van der Waals surface area contributed by atoms with Crippen LogP contribution in [0.25, 0.3) is 0 Å².